The second-order valence-corrected chi connectivity index (χ2v) is 5.66. The van der Waals surface area contributed by atoms with E-state index in [9.17, 15) is 14.7 Å². The van der Waals surface area contributed by atoms with E-state index in [2.05, 4.69) is 5.32 Å². The third-order valence-electron chi connectivity index (χ3n) is 4.11. The first-order chi connectivity index (χ1) is 9.16. The average molecular weight is 268 g/mol. The SMILES string of the molecule is O=C(NCCC(=O)N1CCC[C@H](O)C1)C1CCCC1. The zero-order valence-electron chi connectivity index (χ0n) is 11.4. The normalized spacial score (nSPS) is 24.5. The molecular weight excluding hydrogens is 244 g/mol. The van der Waals surface area contributed by atoms with Gasteiger partial charge < -0.3 is 15.3 Å². The summed E-state index contributed by atoms with van der Waals surface area (Å²) in [6.07, 6.45) is 5.85. The van der Waals surface area contributed by atoms with Gasteiger partial charge in [-0.1, -0.05) is 12.8 Å². The number of nitrogens with one attached hydrogen (secondary N) is 1. The first kappa shape index (κ1) is 14.3. The average Bonchev–Trinajstić information content (AvgIpc) is 2.92. The molecule has 1 atom stereocenters. The Balaban J connectivity index is 1.64. The van der Waals surface area contributed by atoms with Gasteiger partial charge in [0.1, 0.15) is 0 Å². The van der Waals surface area contributed by atoms with E-state index in [-0.39, 0.29) is 23.8 Å². The van der Waals surface area contributed by atoms with Crippen molar-refractivity contribution in [2.45, 2.75) is 51.0 Å². The van der Waals surface area contributed by atoms with Crippen molar-refractivity contribution in [3.8, 4) is 0 Å². The lowest BCUT2D eigenvalue weighted by Gasteiger charge is -2.30. The molecule has 1 saturated carbocycles. The van der Waals surface area contributed by atoms with Crippen LogP contribution in [-0.2, 0) is 9.59 Å². The van der Waals surface area contributed by atoms with Crippen molar-refractivity contribution in [1.82, 2.24) is 10.2 Å². The Morgan fingerprint density at radius 3 is 2.58 bits per heavy atom. The minimum Gasteiger partial charge on any atom is -0.391 e. The molecule has 2 fully saturated rings. The highest BCUT2D eigenvalue weighted by Gasteiger charge is 2.24. The summed E-state index contributed by atoms with van der Waals surface area (Å²) in [4.78, 5) is 25.4. The predicted octanol–water partition coefficient (Wildman–Crippen LogP) is 0.666. The maximum atomic E-state index is 11.9. The number of amides is 2. The summed E-state index contributed by atoms with van der Waals surface area (Å²) in [6, 6.07) is 0. The fourth-order valence-corrected chi connectivity index (χ4v) is 2.96. The van der Waals surface area contributed by atoms with Crippen LogP contribution in [0.1, 0.15) is 44.9 Å². The zero-order chi connectivity index (χ0) is 13.7. The molecule has 0 radical (unpaired) electrons. The standard InChI is InChI=1S/C14H24N2O3/c17-12-6-3-9-16(10-12)13(18)7-8-15-14(19)11-4-1-2-5-11/h11-12,17H,1-10H2,(H,15,19)/t12-/m0/s1. The number of rotatable bonds is 4. The molecule has 1 aliphatic heterocycles. The number of likely N-dealkylation sites (tertiary alicyclic amines) is 1. The summed E-state index contributed by atoms with van der Waals surface area (Å²) in [7, 11) is 0. The summed E-state index contributed by atoms with van der Waals surface area (Å²) >= 11 is 0. The maximum Gasteiger partial charge on any atom is 0.224 e. The largest absolute Gasteiger partial charge is 0.391 e. The first-order valence-electron chi connectivity index (χ1n) is 7.40. The lowest BCUT2D eigenvalue weighted by atomic mass is 10.1. The summed E-state index contributed by atoms with van der Waals surface area (Å²) in [5.74, 6) is 0.293. The van der Waals surface area contributed by atoms with Gasteiger partial charge in [0.2, 0.25) is 11.8 Å². The van der Waals surface area contributed by atoms with E-state index in [1.54, 1.807) is 4.90 Å². The van der Waals surface area contributed by atoms with Crippen molar-refractivity contribution in [3.05, 3.63) is 0 Å². The van der Waals surface area contributed by atoms with Crippen LogP contribution in [0.3, 0.4) is 0 Å². The van der Waals surface area contributed by atoms with E-state index in [4.69, 9.17) is 0 Å². The summed E-state index contributed by atoms with van der Waals surface area (Å²) in [5, 5.41) is 12.4. The quantitative estimate of drug-likeness (QED) is 0.787. The van der Waals surface area contributed by atoms with Crippen molar-refractivity contribution in [1.29, 1.82) is 0 Å². The van der Waals surface area contributed by atoms with Gasteiger partial charge in [-0.25, -0.2) is 0 Å². The number of aliphatic hydroxyl groups is 1. The monoisotopic (exact) mass is 268 g/mol. The first-order valence-corrected chi connectivity index (χ1v) is 7.40. The molecule has 0 unspecified atom stereocenters. The molecule has 2 N–H and O–H groups in total. The van der Waals surface area contributed by atoms with Crippen LogP contribution in [0, 0.1) is 5.92 Å². The highest BCUT2D eigenvalue weighted by atomic mass is 16.3. The number of aliphatic hydroxyl groups excluding tert-OH is 1. The summed E-state index contributed by atoms with van der Waals surface area (Å²) in [5.41, 5.74) is 0. The fourth-order valence-electron chi connectivity index (χ4n) is 2.96. The molecule has 1 aliphatic carbocycles. The smallest absolute Gasteiger partial charge is 0.224 e. The number of piperidine rings is 1. The van der Waals surface area contributed by atoms with Crippen LogP contribution in [0.4, 0.5) is 0 Å². The van der Waals surface area contributed by atoms with Gasteiger partial charge in [-0.2, -0.15) is 0 Å². The van der Waals surface area contributed by atoms with Crippen LogP contribution in [0.25, 0.3) is 0 Å². The van der Waals surface area contributed by atoms with E-state index >= 15 is 0 Å². The van der Waals surface area contributed by atoms with E-state index in [1.165, 1.54) is 0 Å². The number of carbonyl (C=O) groups excluding carboxylic acids is 2. The second-order valence-electron chi connectivity index (χ2n) is 5.66. The molecule has 108 valence electrons. The molecular formula is C14H24N2O3. The van der Waals surface area contributed by atoms with Crippen LogP contribution in [0.5, 0.6) is 0 Å². The second kappa shape index (κ2) is 6.89. The van der Waals surface area contributed by atoms with Gasteiger partial charge in [0.25, 0.3) is 0 Å². The highest BCUT2D eigenvalue weighted by molar-refractivity contribution is 5.80. The van der Waals surface area contributed by atoms with Crippen LogP contribution >= 0.6 is 0 Å². The van der Waals surface area contributed by atoms with Gasteiger partial charge in [0.15, 0.2) is 0 Å². The van der Waals surface area contributed by atoms with E-state index in [0.29, 0.717) is 19.5 Å². The predicted molar refractivity (Wildman–Crippen MR) is 71.4 cm³/mol. The Morgan fingerprint density at radius 1 is 1.16 bits per heavy atom. The summed E-state index contributed by atoms with van der Waals surface area (Å²) < 4.78 is 0. The van der Waals surface area contributed by atoms with E-state index in [1.807, 2.05) is 0 Å². The number of hydrogen-bond acceptors (Lipinski definition) is 3. The molecule has 0 aromatic rings. The van der Waals surface area contributed by atoms with Gasteiger partial charge in [-0.15, -0.1) is 0 Å². The Kier molecular flexibility index (Phi) is 5.19. The molecule has 1 saturated heterocycles. The Labute approximate surface area is 114 Å². The third kappa shape index (κ3) is 4.20. The number of carbonyl (C=O) groups is 2. The molecule has 2 aliphatic rings. The van der Waals surface area contributed by atoms with Crippen LogP contribution < -0.4 is 5.32 Å². The van der Waals surface area contributed by atoms with Crippen molar-refractivity contribution in [2.75, 3.05) is 19.6 Å². The minimum absolute atomic E-state index is 0.0328. The molecule has 1 heterocycles. The van der Waals surface area contributed by atoms with Gasteiger partial charge in [0, 0.05) is 32.0 Å². The van der Waals surface area contributed by atoms with Crippen LogP contribution in [-0.4, -0.2) is 47.6 Å². The Hall–Kier alpha value is -1.10. The van der Waals surface area contributed by atoms with Crippen molar-refractivity contribution in [2.24, 2.45) is 5.92 Å². The molecule has 2 rings (SSSR count). The number of hydrogen-bond donors (Lipinski definition) is 2. The highest BCUT2D eigenvalue weighted by Crippen LogP contribution is 2.24. The molecule has 0 aromatic carbocycles. The molecule has 5 heteroatoms. The lowest BCUT2D eigenvalue weighted by Crippen LogP contribution is -2.43. The number of nitrogens with zero attached hydrogens (tertiary/aromatic N) is 1. The molecule has 2 amide bonds. The van der Waals surface area contributed by atoms with Crippen molar-refractivity contribution < 1.29 is 14.7 Å². The Morgan fingerprint density at radius 2 is 1.89 bits per heavy atom. The van der Waals surface area contributed by atoms with Crippen LogP contribution in [0.15, 0.2) is 0 Å². The van der Waals surface area contributed by atoms with Crippen molar-refractivity contribution in [3.63, 3.8) is 0 Å². The molecule has 19 heavy (non-hydrogen) atoms. The molecule has 0 spiro atoms. The topological polar surface area (TPSA) is 69.6 Å². The number of β-amino-alcohol motifs (C(OH)–C–C–N with tert-alkyl or cyclic N) is 1. The molecule has 0 aromatic heterocycles. The van der Waals surface area contributed by atoms with E-state index in [0.717, 1.165) is 45.1 Å². The van der Waals surface area contributed by atoms with Gasteiger partial charge in [-0.3, -0.25) is 9.59 Å². The summed E-state index contributed by atoms with van der Waals surface area (Å²) in [6.45, 7) is 1.59. The maximum absolute atomic E-state index is 11.9. The van der Waals surface area contributed by atoms with Gasteiger partial charge in [-0.05, 0) is 25.7 Å². The fraction of sp³-hybridized carbons (Fsp3) is 0.857. The zero-order valence-corrected chi connectivity index (χ0v) is 11.4. The third-order valence-corrected chi connectivity index (χ3v) is 4.11. The van der Waals surface area contributed by atoms with Gasteiger partial charge >= 0.3 is 0 Å². The van der Waals surface area contributed by atoms with Crippen molar-refractivity contribution >= 4 is 11.8 Å². The van der Waals surface area contributed by atoms with Crippen LogP contribution in [0.2, 0.25) is 0 Å². The molecule has 0 bridgehead atoms. The van der Waals surface area contributed by atoms with Gasteiger partial charge in [0.05, 0.1) is 6.10 Å². The van der Waals surface area contributed by atoms with E-state index < -0.39 is 0 Å². The Bertz CT molecular complexity index is 327. The lowest BCUT2D eigenvalue weighted by molar-refractivity contribution is -0.134. The minimum atomic E-state index is -0.384. The molecule has 5 nitrogen and oxygen atoms in total.